The van der Waals surface area contributed by atoms with Crippen LogP contribution in [0.1, 0.15) is 41.0 Å². The second kappa shape index (κ2) is 7.86. The maximum Gasteiger partial charge on any atom is 0.253 e. The van der Waals surface area contributed by atoms with Crippen LogP contribution in [0.25, 0.3) is 11.0 Å². The number of amides is 2. The number of likely N-dealkylation sites (tertiary alicyclic amines) is 1. The summed E-state index contributed by atoms with van der Waals surface area (Å²) in [5.74, 6) is -2.34. The SMILES string of the molecule is Cc1nc2ccc(C(=O)N3CCC4(CC3)CC4C(=O)Nc3ccc(F)c(F)c3)cc2nc1C. The Morgan fingerprint density at radius 3 is 2.36 bits per heavy atom. The van der Waals surface area contributed by atoms with Crippen LogP contribution < -0.4 is 5.32 Å². The van der Waals surface area contributed by atoms with Crippen LogP contribution >= 0.6 is 0 Å². The number of fused-ring (bicyclic) bond motifs is 1. The molecule has 1 spiro atoms. The van der Waals surface area contributed by atoms with Gasteiger partial charge >= 0.3 is 0 Å². The minimum absolute atomic E-state index is 0.0461. The molecule has 1 unspecified atom stereocenters. The highest BCUT2D eigenvalue weighted by Gasteiger charge is 2.58. The van der Waals surface area contributed by atoms with Crippen molar-refractivity contribution in [3.63, 3.8) is 0 Å². The van der Waals surface area contributed by atoms with Gasteiger partial charge in [-0.15, -0.1) is 0 Å². The largest absolute Gasteiger partial charge is 0.339 e. The summed E-state index contributed by atoms with van der Waals surface area (Å²) < 4.78 is 26.5. The Hall–Kier alpha value is -3.42. The van der Waals surface area contributed by atoms with Gasteiger partial charge in [0.05, 0.1) is 22.4 Å². The first-order chi connectivity index (χ1) is 15.8. The molecule has 1 saturated carbocycles. The Morgan fingerprint density at radius 2 is 1.67 bits per heavy atom. The number of carbonyl (C=O) groups excluding carboxylic acids is 2. The molecule has 1 aliphatic heterocycles. The Balaban J connectivity index is 1.22. The molecule has 2 heterocycles. The van der Waals surface area contributed by atoms with Crippen molar-refractivity contribution in [1.29, 1.82) is 0 Å². The van der Waals surface area contributed by atoms with Gasteiger partial charge in [0.2, 0.25) is 5.91 Å². The number of aryl methyl sites for hydroxylation is 2. The molecule has 1 N–H and O–H groups in total. The number of hydrogen-bond acceptors (Lipinski definition) is 4. The molecular formula is C25H24F2N4O2. The number of anilines is 1. The van der Waals surface area contributed by atoms with Crippen LogP contribution in [0, 0.1) is 36.8 Å². The maximum atomic E-state index is 13.4. The number of carbonyl (C=O) groups is 2. The zero-order chi connectivity index (χ0) is 23.3. The normalized spacial score (nSPS) is 19.0. The highest BCUT2D eigenvalue weighted by atomic mass is 19.2. The molecule has 0 bridgehead atoms. The molecular weight excluding hydrogens is 426 g/mol. The van der Waals surface area contributed by atoms with Crippen molar-refractivity contribution in [3.8, 4) is 0 Å². The molecule has 170 valence electrons. The van der Waals surface area contributed by atoms with E-state index in [4.69, 9.17) is 0 Å². The van der Waals surface area contributed by atoms with Crippen LogP contribution in [-0.2, 0) is 4.79 Å². The molecule has 1 saturated heterocycles. The number of aromatic nitrogens is 2. The number of halogens is 2. The van der Waals surface area contributed by atoms with Crippen molar-refractivity contribution in [2.45, 2.75) is 33.1 Å². The quantitative estimate of drug-likeness (QED) is 0.642. The van der Waals surface area contributed by atoms with Gasteiger partial charge in [-0.2, -0.15) is 0 Å². The Kier molecular flexibility index (Phi) is 5.11. The molecule has 2 fully saturated rings. The molecule has 6 nitrogen and oxygen atoms in total. The molecule has 33 heavy (non-hydrogen) atoms. The van der Waals surface area contributed by atoms with Crippen LogP contribution in [-0.4, -0.2) is 39.8 Å². The molecule has 2 aliphatic rings. The zero-order valence-electron chi connectivity index (χ0n) is 18.5. The van der Waals surface area contributed by atoms with Gasteiger partial charge in [-0.25, -0.2) is 18.7 Å². The Morgan fingerprint density at radius 1 is 0.970 bits per heavy atom. The fourth-order valence-electron chi connectivity index (χ4n) is 4.78. The smallest absolute Gasteiger partial charge is 0.253 e. The van der Waals surface area contributed by atoms with E-state index in [-0.39, 0.29) is 28.8 Å². The molecule has 8 heteroatoms. The molecule has 1 aliphatic carbocycles. The first-order valence-electron chi connectivity index (χ1n) is 11.1. The summed E-state index contributed by atoms with van der Waals surface area (Å²) in [6, 6.07) is 8.74. The molecule has 1 atom stereocenters. The van der Waals surface area contributed by atoms with Crippen molar-refractivity contribution >= 4 is 28.5 Å². The molecule has 2 aromatic carbocycles. The average Bonchev–Trinajstić information content (AvgIpc) is 3.50. The first kappa shape index (κ1) is 21.4. The maximum absolute atomic E-state index is 13.4. The summed E-state index contributed by atoms with van der Waals surface area (Å²) in [4.78, 5) is 36.6. The lowest BCUT2D eigenvalue weighted by Crippen LogP contribution is -2.40. The fraction of sp³-hybridized carbons (Fsp3) is 0.360. The number of rotatable bonds is 3. The summed E-state index contributed by atoms with van der Waals surface area (Å²) in [5.41, 5.74) is 3.89. The molecule has 1 aromatic heterocycles. The van der Waals surface area contributed by atoms with Crippen LogP contribution in [0.2, 0.25) is 0 Å². The van der Waals surface area contributed by atoms with E-state index in [0.717, 1.165) is 48.3 Å². The standard InChI is InChI=1S/C25H24F2N4O2/c1-14-15(2)29-22-11-16(3-6-21(22)28-14)24(33)31-9-7-25(8-10-31)13-18(25)23(32)30-17-4-5-19(26)20(27)12-17/h3-6,11-12,18H,7-10,13H2,1-2H3,(H,30,32). The lowest BCUT2D eigenvalue weighted by Gasteiger charge is -2.33. The number of piperidine rings is 1. The highest BCUT2D eigenvalue weighted by Crippen LogP contribution is 2.59. The van der Waals surface area contributed by atoms with Gasteiger partial charge in [-0.05, 0) is 68.9 Å². The van der Waals surface area contributed by atoms with Gasteiger partial charge in [-0.3, -0.25) is 9.59 Å². The van der Waals surface area contributed by atoms with E-state index in [0.29, 0.717) is 24.2 Å². The van der Waals surface area contributed by atoms with E-state index in [1.54, 1.807) is 12.1 Å². The van der Waals surface area contributed by atoms with Gasteiger partial charge in [0, 0.05) is 36.3 Å². The van der Waals surface area contributed by atoms with Gasteiger partial charge < -0.3 is 10.2 Å². The topological polar surface area (TPSA) is 75.2 Å². The van der Waals surface area contributed by atoms with Crippen LogP contribution in [0.5, 0.6) is 0 Å². The van der Waals surface area contributed by atoms with Crippen LogP contribution in [0.4, 0.5) is 14.5 Å². The Labute approximate surface area is 190 Å². The average molecular weight is 450 g/mol. The fourth-order valence-corrected chi connectivity index (χ4v) is 4.78. The lowest BCUT2D eigenvalue weighted by molar-refractivity contribution is -0.118. The number of nitrogens with zero attached hydrogens (tertiary/aromatic N) is 3. The summed E-state index contributed by atoms with van der Waals surface area (Å²) in [6.45, 7) is 4.96. The third kappa shape index (κ3) is 3.94. The summed E-state index contributed by atoms with van der Waals surface area (Å²) in [6.07, 6.45) is 2.22. The summed E-state index contributed by atoms with van der Waals surface area (Å²) in [5, 5.41) is 2.69. The predicted octanol–water partition coefficient (Wildman–Crippen LogP) is 4.41. The summed E-state index contributed by atoms with van der Waals surface area (Å²) in [7, 11) is 0. The van der Waals surface area contributed by atoms with E-state index in [1.807, 2.05) is 24.8 Å². The molecule has 0 radical (unpaired) electrons. The van der Waals surface area contributed by atoms with Gasteiger partial charge in [-0.1, -0.05) is 0 Å². The van der Waals surface area contributed by atoms with Crippen molar-refractivity contribution in [1.82, 2.24) is 14.9 Å². The van der Waals surface area contributed by atoms with E-state index in [2.05, 4.69) is 15.3 Å². The minimum atomic E-state index is -0.991. The second-order valence-corrected chi connectivity index (χ2v) is 9.13. The van der Waals surface area contributed by atoms with E-state index >= 15 is 0 Å². The lowest BCUT2D eigenvalue weighted by atomic mass is 9.90. The number of hydrogen-bond donors (Lipinski definition) is 1. The van der Waals surface area contributed by atoms with Gasteiger partial charge in [0.1, 0.15) is 0 Å². The van der Waals surface area contributed by atoms with Crippen molar-refractivity contribution in [2.75, 3.05) is 18.4 Å². The third-order valence-corrected chi connectivity index (χ3v) is 7.06. The van der Waals surface area contributed by atoms with Crippen LogP contribution in [0.3, 0.4) is 0 Å². The van der Waals surface area contributed by atoms with Crippen molar-refractivity contribution in [3.05, 3.63) is 65.0 Å². The molecule has 5 rings (SSSR count). The molecule has 2 amide bonds. The monoisotopic (exact) mass is 450 g/mol. The predicted molar refractivity (Wildman–Crippen MR) is 120 cm³/mol. The second-order valence-electron chi connectivity index (χ2n) is 9.13. The molecule has 3 aromatic rings. The first-order valence-corrected chi connectivity index (χ1v) is 11.1. The van der Waals surface area contributed by atoms with Crippen molar-refractivity contribution in [2.24, 2.45) is 11.3 Å². The van der Waals surface area contributed by atoms with Crippen molar-refractivity contribution < 1.29 is 18.4 Å². The van der Waals surface area contributed by atoms with Crippen LogP contribution in [0.15, 0.2) is 36.4 Å². The number of nitrogens with one attached hydrogen (secondary N) is 1. The van der Waals surface area contributed by atoms with E-state index in [9.17, 15) is 18.4 Å². The third-order valence-electron chi connectivity index (χ3n) is 7.06. The Bertz CT molecular complexity index is 1280. The van der Waals surface area contributed by atoms with E-state index in [1.165, 1.54) is 6.07 Å². The zero-order valence-corrected chi connectivity index (χ0v) is 18.5. The number of benzene rings is 2. The summed E-state index contributed by atoms with van der Waals surface area (Å²) >= 11 is 0. The van der Waals surface area contributed by atoms with Gasteiger partial charge in [0.15, 0.2) is 11.6 Å². The highest BCUT2D eigenvalue weighted by molar-refractivity contribution is 5.98. The van der Waals surface area contributed by atoms with Gasteiger partial charge in [0.25, 0.3) is 5.91 Å². The minimum Gasteiger partial charge on any atom is -0.339 e. The van der Waals surface area contributed by atoms with E-state index < -0.39 is 11.6 Å².